The minimum Gasteiger partial charge on any atom is -0.353 e. The Hall–Kier alpha value is -2.33. The molecule has 0 amide bonds. The van der Waals surface area contributed by atoms with Gasteiger partial charge in [-0.15, -0.1) is 0 Å². The number of aromatic nitrogens is 3. The van der Waals surface area contributed by atoms with Crippen molar-refractivity contribution in [1.82, 2.24) is 19.4 Å². The van der Waals surface area contributed by atoms with Gasteiger partial charge in [-0.2, -0.15) is 0 Å². The number of hydrogen-bond donors (Lipinski definition) is 1. The molecule has 3 rings (SSSR count). The van der Waals surface area contributed by atoms with Crippen LogP contribution in [0.5, 0.6) is 0 Å². The maximum atomic E-state index is 4.26. The van der Waals surface area contributed by atoms with E-state index in [9.17, 15) is 0 Å². The third-order valence-corrected chi connectivity index (χ3v) is 4.14. The summed E-state index contributed by atoms with van der Waals surface area (Å²) in [6.45, 7) is 5.07. The Morgan fingerprint density at radius 2 is 1.91 bits per heavy atom. The Morgan fingerprint density at radius 3 is 2.50 bits per heavy atom. The van der Waals surface area contributed by atoms with E-state index in [1.807, 2.05) is 19.3 Å². The lowest BCUT2D eigenvalue weighted by Gasteiger charge is -2.15. The molecule has 4 heteroatoms. The van der Waals surface area contributed by atoms with Crippen molar-refractivity contribution in [2.24, 2.45) is 7.05 Å². The number of nitrogens with zero attached hydrogens (tertiary/aromatic N) is 3. The van der Waals surface area contributed by atoms with Crippen molar-refractivity contribution in [1.29, 1.82) is 0 Å². The van der Waals surface area contributed by atoms with Gasteiger partial charge in [0.15, 0.2) is 0 Å². The van der Waals surface area contributed by atoms with Crippen molar-refractivity contribution < 1.29 is 0 Å². The monoisotopic (exact) mass is 294 g/mol. The van der Waals surface area contributed by atoms with Crippen LogP contribution < -0.4 is 5.32 Å². The lowest BCUT2D eigenvalue weighted by atomic mass is 10.1. The van der Waals surface area contributed by atoms with Gasteiger partial charge in [0.1, 0.15) is 5.82 Å². The van der Waals surface area contributed by atoms with Gasteiger partial charge >= 0.3 is 0 Å². The van der Waals surface area contributed by atoms with Crippen molar-refractivity contribution in [3.63, 3.8) is 0 Å². The molecule has 1 atom stereocenters. The molecule has 1 unspecified atom stereocenters. The van der Waals surface area contributed by atoms with E-state index in [0.717, 1.165) is 18.1 Å². The molecular weight excluding hydrogens is 272 g/mol. The Bertz CT molecular complexity index is 737. The second kappa shape index (κ2) is 6.20. The lowest BCUT2D eigenvalue weighted by Crippen LogP contribution is -2.19. The summed E-state index contributed by atoms with van der Waals surface area (Å²) >= 11 is 0. The second-order valence-electron chi connectivity index (χ2n) is 5.65. The van der Waals surface area contributed by atoms with Crippen molar-refractivity contribution in [3.8, 4) is 5.69 Å². The summed E-state index contributed by atoms with van der Waals surface area (Å²) in [5.41, 5.74) is 3.72. The number of rotatable bonds is 5. The first kappa shape index (κ1) is 14.6. The molecule has 0 spiro atoms. The van der Waals surface area contributed by atoms with Crippen molar-refractivity contribution in [2.45, 2.75) is 26.4 Å². The average molecular weight is 294 g/mol. The van der Waals surface area contributed by atoms with Crippen LogP contribution in [0.25, 0.3) is 5.69 Å². The van der Waals surface area contributed by atoms with Gasteiger partial charge in [0.25, 0.3) is 0 Å². The SMILES string of the molecule is Cc1nccn1-c1ccc(C(C)NCc2cccn2C)cc1. The summed E-state index contributed by atoms with van der Waals surface area (Å²) in [5.74, 6) is 1.00. The zero-order valence-corrected chi connectivity index (χ0v) is 13.3. The van der Waals surface area contributed by atoms with Crippen LogP contribution in [-0.4, -0.2) is 14.1 Å². The molecule has 0 radical (unpaired) electrons. The number of benzene rings is 1. The summed E-state index contributed by atoms with van der Waals surface area (Å²) in [4.78, 5) is 4.26. The second-order valence-corrected chi connectivity index (χ2v) is 5.65. The van der Waals surface area contributed by atoms with Gasteiger partial charge in [0.2, 0.25) is 0 Å². The van der Waals surface area contributed by atoms with Crippen molar-refractivity contribution in [3.05, 3.63) is 72.1 Å². The highest BCUT2D eigenvalue weighted by molar-refractivity contribution is 5.36. The highest BCUT2D eigenvalue weighted by Gasteiger charge is 2.07. The number of nitrogens with one attached hydrogen (secondary N) is 1. The minimum absolute atomic E-state index is 0.313. The van der Waals surface area contributed by atoms with E-state index in [0.29, 0.717) is 6.04 Å². The van der Waals surface area contributed by atoms with E-state index in [1.54, 1.807) is 0 Å². The summed E-state index contributed by atoms with van der Waals surface area (Å²) in [6.07, 6.45) is 5.89. The van der Waals surface area contributed by atoms with E-state index in [4.69, 9.17) is 0 Å². The maximum absolute atomic E-state index is 4.26. The Labute approximate surface area is 131 Å². The molecule has 0 fully saturated rings. The van der Waals surface area contributed by atoms with Crippen LogP contribution in [0.1, 0.15) is 30.0 Å². The molecule has 0 saturated heterocycles. The van der Waals surface area contributed by atoms with Gasteiger partial charge in [-0.3, -0.25) is 0 Å². The standard InChI is InChI=1S/C18H22N4/c1-14(20-13-18-5-4-11-21(18)3)16-6-8-17(9-7-16)22-12-10-19-15(22)2/h4-12,14,20H,13H2,1-3H3. The van der Waals surface area contributed by atoms with Crippen molar-refractivity contribution >= 4 is 0 Å². The first-order valence-corrected chi connectivity index (χ1v) is 7.59. The van der Waals surface area contributed by atoms with Gasteiger partial charge < -0.3 is 14.5 Å². The van der Waals surface area contributed by atoms with Gasteiger partial charge in [-0.1, -0.05) is 12.1 Å². The predicted octanol–water partition coefficient (Wildman–Crippen LogP) is 3.37. The van der Waals surface area contributed by atoms with Gasteiger partial charge in [-0.05, 0) is 43.7 Å². The first-order valence-electron chi connectivity index (χ1n) is 7.59. The van der Waals surface area contributed by atoms with Gasteiger partial charge in [0, 0.05) is 49.6 Å². The molecule has 2 aromatic heterocycles. The quantitative estimate of drug-likeness (QED) is 0.783. The Kier molecular flexibility index (Phi) is 4.11. The zero-order valence-electron chi connectivity index (χ0n) is 13.3. The topological polar surface area (TPSA) is 34.8 Å². The van der Waals surface area contributed by atoms with Crippen LogP contribution in [0.2, 0.25) is 0 Å². The Morgan fingerprint density at radius 1 is 1.14 bits per heavy atom. The Balaban J connectivity index is 1.67. The fraction of sp³-hybridized carbons (Fsp3) is 0.278. The number of imidazole rings is 1. The summed E-state index contributed by atoms with van der Waals surface area (Å²) in [5, 5.41) is 3.57. The molecule has 114 valence electrons. The molecule has 0 saturated carbocycles. The molecule has 1 N–H and O–H groups in total. The molecule has 3 aromatic rings. The van der Waals surface area contributed by atoms with Gasteiger partial charge in [0.05, 0.1) is 0 Å². The first-order chi connectivity index (χ1) is 10.6. The molecule has 0 bridgehead atoms. The average Bonchev–Trinajstić information content (AvgIpc) is 3.13. The van der Waals surface area contributed by atoms with E-state index < -0.39 is 0 Å². The summed E-state index contributed by atoms with van der Waals surface area (Å²) < 4.78 is 4.23. The van der Waals surface area contributed by atoms with Crippen LogP contribution in [0.15, 0.2) is 55.0 Å². The van der Waals surface area contributed by atoms with Crippen LogP contribution >= 0.6 is 0 Å². The summed E-state index contributed by atoms with van der Waals surface area (Å²) in [6, 6.07) is 13.2. The van der Waals surface area contributed by atoms with Crippen LogP contribution in [0.4, 0.5) is 0 Å². The van der Waals surface area contributed by atoms with E-state index in [-0.39, 0.29) is 0 Å². The van der Waals surface area contributed by atoms with Crippen molar-refractivity contribution in [2.75, 3.05) is 0 Å². The largest absolute Gasteiger partial charge is 0.353 e. The number of aryl methyl sites for hydroxylation is 2. The normalized spacial score (nSPS) is 12.5. The van der Waals surface area contributed by atoms with E-state index in [1.165, 1.54) is 11.3 Å². The van der Waals surface area contributed by atoms with Gasteiger partial charge in [-0.25, -0.2) is 4.98 Å². The predicted molar refractivity (Wildman–Crippen MR) is 89.0 cm³/mol. The molecule has 1 aromatic carbocycles. The number of hydrogen-bond acceptors (Lipinski definition) is 2. The molecule has 0 aliphatic heterocycles. The van der Waals surface area contributed by atoms with Crippen LogP contribution in [-0.2, 0) is 13.6 Å². The molecule has 2 heterocycles. The highest BCUT2D eigenvalue weighted by Crippen LogP contribution is 2.17. The third-order valence-electron chi connectivity index (χ3n) is 4.14. The fourth-order valence-corrected chi connectivity index (χ4v) is 2.63. The maximum Gasteiger partial charge on any atom is 0.110 e. The lowest BCUT2D eigenvalue weighted by molar-refractivity contribution is 0.558. The van der Waals surface area contributed by atoms with E-state index >= 15 is 0 Å². The molecule has 0 aliphatic rings. The van der Waals surface area contributed by atoms with Crippen LogP contribution in [0.3, 0.4) is 0 Å². The third kappa shape index (κ3) is 2.97. The van der Waals surface area contributed by atoms with E-state index in [2.05, 4.69) is 76.0 Å². The molecule has 22 heavy (non-hydrogen) atoms. The smallest absolute Gasteiger partial charge is 0.110 e. The molecule has 4 nitrogen and oxygen atoms in total. The highest BCUT2D eigenvalue weighted by atomic mass is 15.1. The fourth-order valence-electron chi connectivity index (χ4n) is 2.63. The minimum atomic E-state index is 0.313. The summed E-state index contributed by atoms with van der Waals surface area (Å²) in [7, 11) is 2.07. The molecular formula is C18H22N4. The zero-order chi connectivity index (χ0) is 15.5. The molecule has 0 aliphatic carbocycles. The van der Waals surface area contributed by atoms with Crippen LogP contribution in [0, 0.1) is 6.92 Å².